The van der Waals surface area contributed by atoms with Crippen molar-refractivity contribution in [1.82, 2.24) is 0 Å². The fraction of sp³-hybridized carbons (Fsp3) is 1.00. The SMILES string of the molecule is CCC(CO)OC(CC(C)O)OC. The molecule has 4 heteroatoms. The van der Waals surface area contributed by atoms with Gasteiger partial charge in [0.1, 0.15) is 0 Å². The minimum atomic E-state index is -0.457. The van der Waals surface area contributed by atoms with Crippen LogP contribution in [0.15, 0.2) is 0 Å². The van der Waals surface area contributed by atoms with Gasteiger partial charge in [0.15, 0.2) is 6.29 Å². The van der Waals surface area contributed by atoms with Crippen LogP contribution in [-0.2, 0) is 9.47 Å². The molecule has 3 atom stereocenters. The van der Waals surface area contributed by atoms with Crippen LogP contribution in [0.25, 0.3) is 0 Å². The predicted molar refractivity (Wildman–Crippen MR) is 49.3 cm³/mol. The van der Waals surface area contributed by atoms with E-state index in [9.17, 15) is 0 Å². The standard InChI is InChI=1S/C9H20O4/c1-4-8(6-10)13-9(12-3)5-7(2)11/h7-11H,4-6H2,1-3H3. The zero-order chi connectivity index (χ0) is 10.3. The van der Waals surface area contributed by atoms with Crippen molar-refractivity contribution in [3.63, 3.8) is 0 Å². The van der Waals surface area contributed by atoms with Gasteiger partial charge in [-0.15, -0.1) is 0 Å². The van der Waals surface area contributed by atoms with Crippen LogP contribution in [0, 0.1) is 0 Å². The van der Waals surface area contributed by atoms with E-state index in [4.69, 9.17) is 19.7 Å². The van der Waals surface area contributed by atoms with Gasteiger partial charge in [-0.05, 0) is 13.3 Å². The molecule has 0 rings (SSSR count). The topological polar surface area (TPSA) is 58.9 Å². The van der Waals surface area contributed by atoms with Crippen LogP contribution in [0.5, 0.6) is 0 Å². The van der Waals surface area contributed by atoms with E-state index in [2.05, 4.69) is 0 Å². The number of hydrogen-bond donors (Lipinski definition) is 2. The lowest BCUT2D eigenvalue weighted by Crippen LogP contribution is -2.28. The van der Waals surface area contributed by atoms with Crippen molar-refractivity contribution >= 4 is 0 Å². The quantitative estimate of drug-likeness (QED) is 0.577. The van der Waals surface area contributed by atoms with E-state index >= 15 is 0 Å². The van der Waals surface area contributed by atoms with Crippen molar-refractivity contribution in [1.29, 1.82) is 0 Å². The lowest BCUT2D eigenvalue weighted by Gasteiger charge is -2.22. The summed E-state index contributed by atoms with van der Waals surface area (Å²) in [4.78, 5) is 0. The average Bonchev–Trinajstić information content (AvgIpc) is 2.11. The van der Waals surface area contributed by atoms with Gasteiger partial charge in [-0.25, -0.2) is 0 Å². The molecular weight excluding hydrogens is 172 g/mol. The van der Waals surface area contributed by atoms with Crippen molar-refractivity contribution < 1.29 is 19.7 Å². The summed E-state index contributed by atoms with van der Waals surface area (Å²) < 4.78 is 10.4. The molecular formula is C9H20O4. The number of aliphatic hydroxyl groups is 2. The summed E-state index contributed by atoms with van der Waals surface area (Å²) in [6, 6.07) is 0. The Bertz CT molecular complexity index is 112. The molecule has 80 valence electrons. The largest absolute Gasteiger partial charge is 0.394 e. The van der Waals surface area contributed by atoms with Gasteiger partial charge in [0, 0.05) is 13.5 Å². The van der Waals surface area contributed by atoms with Gasteiger partial charge in [0.05, 0.1) is 18.8 Å². The molecule has 0 spiro atoms. The van der Waals surface area contributed by atoms with E-state index in [-0.39, 0.29) is 12.7 Å². The molecule has 0 radical (unpaired) electrons. The van der Waals surface area contributed by atoms with E-state index < -0.39 is 12.4 Å². The molecule has 0 aromatic heterocycles. The highest BCUT2D eigenvalue weighted by Gasteiger charge is 2.15. The molecule has 3 unspecified atom stereocenters. The fourth-order valence-electron chi connectivity index (χ4n) is 0.969. The first-order valence-corrected chi connectivity index (χ1v) is 4.61. The predicted octanol–water partition coefficient (Wildman–Crippen LogP) is 0.517. The molecule has 0 saturated carbocycles. The molecule has 0 aromatic rings. The summed E-state index contributed by atoms with van der Waals surface area (Å²) in [6.45, 7) is 3.58. The fourth-order valence-corrected chi connectivity index (χ4v) is 0.969. The molecule has 0 aliphatic rings. The maximum Gasteiger partial charge on any atom is 0.160 e. The zero-order valence-electron chi connectivity index (χ0n) is 8.56. The van der Waals surface area contributed by atoms with Crippen LogP contribution in [0.4, 0.5) is 0 Å². The first-order chi connectivity index (χ1) is 6.13. The minimum absolute atomic E-state index is 0.0177. The van der Waals surface area contributed by atoms with E-state index in [0.29, 0.717) is 6.42 Å². The van der Waals surface area contributed by atoms with Crippen LogP contribution < -0.4 is 0 Å². The smallest absolute Gasteiger partial charge is 0.160 e. The second kappa shape index (κ2) is 7.26. The Morgan fingerprint density at radius 1 is 1.38 bits per heavy atom. The van der Waals surface area contributed by atoms with E-state index in [1.807, 2.05) is 6.92 Å². The lowest BCUT2D eigenvalue weighted by atomic mass is 10.2. The van der Waals surface area contributed by atoms with Gasteiger partial charge in [-0.2, -0.15) is 0 Å². The third-order valence-corrected chi connectivity index (χ3v) is 1.80. The van der Waals surface area contributed by atoms with Crippen molar-refractivity contribution in [2.75, 3.05) is 13.7 Å². The Balaban J connectivity index is 3.80. The van der Waals surface area contributed by atoms with Crippen molar-refractivity contribution in [3.8, 4) is 0 Å². The Kier molecular flexibility index (Phi) is 7.17. The number of methoxy groups -OCH3 is 1. The molecule has 0 saturated heterocycles. The molecule has 0 amide bonds. The van der Waals surface area contributed by atoms with Crippen LogP contribution >= 0.6 is 0 Å². The molecule has 0 heterocycles. The first kappa shape index (κ1) is 12.8. The number of hydrogen-bond acceptors (Lipinski definition) is 4. The van der Waals surface area contributed by atoms with Crippen molar-refractivity contribution in [2.24, 2.45) is 0 Å². The monoisotopic (exact) mass is 192 g/mol. The van der Waals surface area contributed by atoms with Crippen LogP contribution in [0.3, 0.4) is 0 Å². The minimum Gasteiger partial charge on any atom is -0.394 e. The van der Waals surface area contributed by atoms with Gasteiger partial charge in [0.25, 0.3) is 0 Å². The molecule has 4 nitrogen and oxygen atoms in total. The molecule has 0 fully saturated rings. The molecule has 0 bridgehead atoms. The molecule has 2 N–H and O–H groups in total. The highest BCUT2D eigenvalue weighted by Crippen LogP contribution is 2.08. The maximum absolute atomic E-state index is 9.09. The summed E-state index contributed by atoms with van der Waals surface area (Å²) in [5.41, 5.74) is 0. The van der Waals surface area contributed by atoms with Crippen LogP contribution in [-0.4, -0.2) is 42.4 Å². The molecule has 0 aliphatic carbocycles. The van der Waals surface area contributed by atoms with Crippen LogP contribution in [0.1, 0.15) is 26.7 Å². The van der Waals surface area contributed by atoms with Crippen molar-refractivity contribution in [2.45, 2.75) is 45.2 Å². The Labute approximate surface area is 79.5 Å². The third kappa shape index (κ3) is 5.99. The Morgan fingerprint density at radius 3 is 2.31 bits per heavy atom. The van der Waals surface area contributed by atoms with Crippen molar-refractivity contribution in [3.05, 3.63) is 0 Å². The third-order valence-electron chi connectivity index (χ3n) is 1.80. The summed E-state index contributed by atoms with van der Waals surface area (Å²) >= 11 is 0. The normalized spacial score (nSPS) is 18.2. The van der Waals surface area contributed by atoms with Gasteiger partial charge in [0.2, 0.25) is 0 Å². The van der Waals surface area contributed by atoms with E-state index in [1.54, 1.807) is 6.92 Å². The van der Waals surface area contributed by atoms with E-state index in [0.717, 1.165) is 6.42 Å². The van der Waals surface area contributed by atoms with Crippen LogP contribution in [0.2, 0.25) is 0 Å². The number of rotatable bonds is 7. The van der Waals surface area contributed by atoms with Gasteiger partial charge in [-0.1, -0.05) is 6.92 Å². The molecule has 0 aliphatic heterocycles. The van der Waals surface area contributed by atoms with E-state index in [1.165, 1.54) is 7.11 Å². The Hall–Kier alpha value is -0.160. The summed E-state index contributed by atoms with van der Waals surface area (Å²) in [7, 11) is 1.52. The average molecular weight is 192 g/mol. The summed E-state index contributed by atoms with van der Waals surface area (Å²) in [6.07, 6.45) is 0.0605. The maximum atomic E-state index is 9.09. The molecule has 13 heavy (non-hydrogen) atoms. The number of aliphatic hydroxyl groups excluding tert-OH is 2. The summed E-state index contributed by atoms with van der Waals surface area (Å²) in [5.74, 6) is 0. The van der Waals surface area contributed by atoms with Gasteiger partial charge in [-0.3, -0.25) is 0 Å². The van der Waals surface area contributed by atoms with Gasteiger partial charge < -0.3 is 19.7 Å². The lowest BCUT2D eigenvalue weighted by molar-refractivity contribution is -0.176. The Morgan fingerprint density at radius 2 is 2.00 bits per heavy atom. The van der Waals surface area contributed by atoms with Gasteiger partial charge >= 0.3 is 0 Å². The second-order valence-electron chi connectivity index (χ2n) is 3.10. The first-order valence-electron chi connectivity index (χ1n) is 4.61. The molecule has 0 aromatic carbocycles. The highest BCUT2D eigenvalue weighted by atomic mass is 16.7. The summed E-state index contributed by atoms with van der Waals surface area (Å²) in [5, 5.41) is 18.0. The zero-order valence-corrected chi connectivity index (χ0v) is 8.56. The second-order valence-corrected chi connectivity index (χ2v) is 3.10. The highest BCUT2D eigenvalue weighted by molar-refractivity contribution is 4.57. The number of ether oxygens (including phenoxy) is 2.